The van der Waals surface area contributed by atoms with E-state index in [1.165, 1.54) is 6.07 Å². The fourth-order valence-electron chi connectivity index (χ4n) is 4.14. The lowest BCUT2D eigenvalue weighted by atomic mass is 10.0. The van der Waals surface area contributed by atoms with Crippen molar-refractivity contribution < 1.29 is 13.7 Å². The molecule has 6 rings (SSSR count). The Morgan fingerprint density at radius 3 is 2.88 bits per heavy atom. The number of carbonyl (C=O) groups excluding carboxylic acids is 1. The van der Waals surface area contributed by atoms with Gasteiger partial charge in [0, 0.05) is 35.9 Å². The third-order valence-electron chi connectivity index (χ3n) is 5.79. The predicted octanol–water partition coefficient (Wildman–Crippen LogP) is 3.70. The number of nitrogens with one attached hydrogen (secondary N) is 1. The minimum atomic E-state index is -0.330. The minimum absolute atomic E-state index is 0.0972. The number of hydrogen-bond acceptors (Lipinski definition) is 6. The summed E-state index contributed by atoms with van der Waals surface area (Å²) in [5.41, 5.74) is 3.95. The van der Waals surface area contributed by atoms with Gasteiger partial charge in [-0.3, -0.25) is 14.3 Å². The summed E-state index contributed by atoms with van der Waals surface area (Å²) in [7, 11) is 0. The standard InChI is InChI=1S/C23H18FN7O2/c24-17-5-2-1-4-15(17)22-16(10-26-28-22)14-7-8-19-25-11-18(31(19)12-14)23-27-20(33-29-23)13-30-9-3-6-21(30)32/h1-2,4-5,7-8,10-12H,3,6,9,13H2,(H,26,28). The Balaban J connectivity index is 1.37. The van der Waals surface area contributed by atoms with Crippen LogP contribution in [0.4, 0.5) is 4.39 Å². The van der Waals surface area contributed by atoms with Gasteiger partial charge in [0.05, 0.1) is 24.6 Å². The monoisotopic (exact) mass is 443 g/mol. The molecule has 1 aromatic carbocycles. The van der Waals surface area contributed by atoms with Gasteiger partial charge in [-0.1, -0.05) is 17.3 Å². The average Bonchev–Trinajstić information content (AvgIpc) is 3.61. The van der Waals surface area contributed by atoms with Gasteiger partial charge in [0.2, 0.25) is 17.6 Å². The van der Waals surface area contributed by atoms with Crippen LogP contribution in [0.2, 0.25) is 0 Å². The zero-order chi connectivity index (χ0) is 22.4. The van der Waals surface area contributed by atoms with Crippen LogP contribution < -0.4 is 0 Å². The number of amides is 1. The van der Waals surface area contributed by atoms with Crippen molar-refractivity contribution in [2.75, 3.05) is 6.54 Å². The van der Waals surface area contributed by atoms with Crippen LogP contribution in [-0.2, 0) is 11.3 Å². The second kappa shape index (κ2) is 7.66. The summed E-state index contributed by atoms with van der Waals surface area (Å²) in [5.74, 6) is 0.522. The fourth-order valence-corrected chi connectivity index (χ4v) is 4.14. The minimum Gasteiger partial charge on any atom is -0.337 e. The Morgan fingerprint density at radius 2 is 2.03 bits per heavy atom. The molecule has 164 valence electrons. The first-order valence-electron chi connectivity index (χ1n) is 10.5. The third-order valence-corrected chi connectivity index (χ3v) is 5.79. The lowest BCUT2D eigenvalue weighted by Crippen LogP contribution is -2.23. The lowest BCUT2D eigenvalue weighted by molar-refractivity contribution is -0.128. The molecular formula is C23H18FN7O2. The molecule has 0 saturated carbocycles. The van der Waals surface area contributed by atoms with Gasteiger partial charge < -0.3 is 9.42 Å². The SMILES string of the molecule is O=C1CCCN1Cc1nc(-c2cnc3ccc(-c4cn[nH]c4-c4ccccc4F)cn23)no1. The summed E-state index contributed by atoms with van der Waals surface area (Å²) in [6, 6.07) is 10.3. The van der Waals surface area contributed by atoms with Crippen molar-refractivity contribution >= 4 is 11.6 Å². The van der Waals surface area contributed by atoms with E-state index in [2.05, 4.69) is 25.3 Å². The number of nitrogens with zero attached hydrogens (tertiary/aromatic N) is 6. The number of halogens is 1. The second-order valence-electron chi connectivity index (χ2n) is 7.86. The summed E-state index contributed by atoms with van der Waals surface area (Å²) in [5, 5.41) is 11.1. The number of H-pyrrole nitrogens is 1. The number of benzene rings is 1. The maximum atomic E-state index is 14.4. The van der Waals surface area contributed by atoms with Crippen LogP contribution >= 0.6 is 0 Å². The molecule has 0 aliphatic carbocycles. The molecule has 33 heavy (non-hydrogen) atoms. The molecule has 0 spiro atoms. The Hall–Kier alpha value is -4.34. The summed E-state index contributed by atoms with van der Waals surface area (Å²) in [4.78, 5) is 22.5. The summed E-state index contributed by atoms with van der Waals surface area (Å²) >= 11 is 0. The highest BCUT2D eigenvalue weighted by molar-refractivity contribution is 5.81. The molecule has 1 aliphatic heterocycles. The number of rotatable bonds is 5. The van der Waals surface area contributed by atoms with Crippen LogP contribution in [0.5, 0.6) is 0 Å². The van der Waals surface area contributed by atoms with E-state index in [9.17, 15) is 9.18 Å². The maximum absolute atomic E-state index is 14.4. The van der Waals surface area contributed by atoms with E-state index in [-0.39, 0.29) is 11.7 Å². The van der Waals surface area contributed by atoms with Gasteiger partial charge in [-0.2, -0.15) is 10.1 Å². The van der Waals surface area contributed by atoms with Crippen molar-refractivity contribution in [2.45, 2.75) is 19.4 Å². The molecule has 5 aromatic rings. The van der Waals surface area contributed by atoms with Crippen molar-refractivity contribution in [1.29, 1.82) is 0 Å². The normalized spacial score (nSPS) is 14.0. The first kappa shape index (κ1) is 19.4. The largest absolute Gasteiger partial charge is 0.337 e. The van der Waals surface area contributed by atoms with Crippen LogP contribution in [0.3, 0.4) is 0 Å². The molecule has 1 N–H and O–H groups in total. The number of likely N-dealkylation sites (tertiary alicyclic amines) is 1. The number of fused-ring (bicyclic) bond motifs is 1. The smallest absolute Gasteiger partial charge is 0.246 e. The highest BCUT2D eigenvalue weighted by Gasteiger charge is 2.23. The second-order valence-corrected chi connectivity index (χ2v) is 7.86. The molecule has 1 saturated heterocycles. The van der Waals surface area contributed by atoms with Crippen molar-refractivity contribution in [3.8, 4) is 33.9 Å². The molecule has 10 heteroatoms. The number of pyridine rings is 1. The quantitative estimate of drug-likeness (QED) is 0.444. The zero-order valence-corrected chi connectivity index (χ0v) is 17.4. The fraction of sp³-hybridized carbons (Fsp3) is 0.174. The highest BCUT2D eigenvalue weighted by atomic mass is 19.1. The maximum Gasteiger partial charge on any atom is 0.246 e. The molecule has 0 atom stereocenters. The van der Waals surface area contributed by atoms with Crippen molar-refractivity contribution in [3.63, 3.8) is 0 Å². The Labute approximate surface area is 186 Å². The Kier molecular flexibility index (Phi) is 4.49. The van der Waals surface area contributed by atoms with E-state index in [1.54, 1.807) is 35.5 Å². The van der Waals surface area contributed by atoms with Crippen molar-refractivity contribution in [1.82, 2.24) is 34.6 Å². The summed E-state index contributed by atoms with van der Waals surface area (Å²) in [6.45, 7) is 0.999. The summed E-state index contributed by atoms with van der Waals surface area (Å²) in [6.07, 6.45) is 6.62. The van der Waals surface area contributed by atoms with Gasteiger partial charge >= 0.3 is 0 Å². The molecule has 0 radical (unpaired) electrons. The lowest BCUT2D eigenvalue weighted by Gasteiger charge is -2.11. The average molecular weight is 443 g/mol. The molecule has 5 heterocycles. The number of aromatic amines is 1. The van der Waals surface area contributed by atoms with E-state index >= 15 is 0 Å². The van der Waals surface area contributed by atoms with E-state index in [4.69, 9.17) is 4.52 Å². The molecule has 1 aliphatic rings. The molecule has 1 amide bonds. The topological polar surface area (TPSA) is 105 Å². The molecule has 1 fully saturated rings. The number of aromatic nitrogens is 6. The first-order valence-corrected chi connectivity index (χ1v) is 10.5. The van der Waals surface area contributed by atoms with Crippen molar-refractivity contribution in [2.24, 2.45) is 0 Å². The zero-order valence-electron chi connectivity index (χ0n) is 17.4. The van der Waals surface area contributed by atoms with Gasteiger partial charge in [0.1, 0.15) is 17.2 Å². The van der Waals surface area contributed by atoms with Crippen LogP contribution in [0.25, 0.3) is 39.5 Å². The van der Waals surface area contributed by atoms with Crippen LogP contribution in [-0.4, -0.2) is 47.1 Å². The molecular weight excluding hydrogens is 425 g/mol. The molecule has 9 nitrogen and oxygen atoms in total. The van der Waals surface area contributed by atoms with E-state index < -0.39 is 0 Å². The molecule has 4 aromatic heterocycles. The van der Waals surface area contributed by atoms with Gasteiger partial charge in [-0.15, -0.1) is 0 Å². The number of carbonyl (C=O) groups is 1. The van der Waals surface area contributed by atoms with Crippen LogP contribution in [0.15, 0.2) is 59.5 Å². The molecule has 0 unspecified atom stereocenters. The number of imidazole rings is 1. The van der Waals surface area contributed by atoms with Crippen molar-refractivity contribution in [3.05, 3.63) is 66.7 Å². The molecule has 0 bridgehead atoms. The predicted molar refractivity (Wildman–Crippen MR) is 116 cm³/mol. The van der Waals surface area contributed by atoms with Crippen LogP contribution in [0.1, 0.15) is 18.7 Å². The summed E-state index contributed by atoms with van der Waals surface area (Å²) < 4.78 is 21.6. The van der Waals surface area contributed by atoms with E-state index in [1.807, 2.05) is 22.7 Å². The third kappa shape index (κ3) is 3.36. The van der Waals surface area contributed by atoms with Gasteiger partial charge in [-0.05, 0) is 30.7 Å². The van der Waals surface area contributed by atoms with Gasteiger partial charge in [0.15, 0.2) is 0 Å². The van der Waals surface area contributed by atoms with E-state index in [0.717, 1.165) is 17.5 Å². The van der Waals surface area contributed by atoms with Crippen LogP contribution in [0, 0.1) is 5.82 Å². The van der Waals surface area contributed by atoms with E-state index in [0.29, 0.717) is 53.8 Å². The first-order chi connectivity index (χ1) is 16.2. The highest BCUT2D eigenvalue weighted by Crippen LogP contribution is 2.32. The Morgan fingerprint density at radius 1 is 1.12 bits per heavy atom. The van der Waals surface area contributed by atoms with Gasteiger partial charge in [-0.25, -0.2) is 9.37 Å². The number of hydrogen-bond donors (Lipinski definition) is 1. The Bertz CT molecular complexity index is 1490. The van der Waals surface area contributed by atoms with Gasteiger partial charge in [0.25, 0.3) is 0 Å².